The second-order valence-corrected chi connectivity index (χ2v) is 8.36. The SMILES string of the molecule is CC(C)C(N)CCN(C)S(=O)(=O)Cc1c(Cl)cccc1Cl.Cl. The molecule has 0 saturated carbocycles. The van der Waals surface area contributed by atoms with Crippen LogP contribution in [0.5, 0.6) is 0 Å². The van der Waals surface area contributed by atoms with Crippen molar-refractivity contribution >= 4 is 45.6 Å². The predicted molar refractivity (Wildman–Crippen MR) is 96.4 cm³/mol. The van der Waals surface area contributed by atoms with Gasteiger partial charge in [0.15, 0.2) is 0 Å². The summed E-state index contributed by atoms with van der Waals surface area (Å²) in [5, 5.41) is 0.719. The highest BCUT2D eigenvalue weighted by Crippen LogP contribution is 2.27. The van der Waals surface area contributed by atoms with Crippen molar-refractivity contribution in [1.82, 2.24) is 4.31 Å². The van der Waals surface area contributed by atoms with Crippen LogP contribution in [0.2, 0.25) is 10.0 Å². The zero-order chi connectivity index (χ0) is 16.2. The van der Waals surface area contributed by atoms with Crippen LogP contribution in [-0.2, 0) is 15.8 Å². The molecule has 0 aliphatic rings. The molecule has 1 atom stereocenters. The van der Waals surface area contributed by atoms with Crippen molar-refractivity contribution in [3.05, 3.63) is 33.8 Å². The smallest absolute Gasteiger partial charge is 0.218 e. The number of benzene rings is 1. The highest BCUT2D eigenvalue weighted by atomic mass is 35.5. The second-order valence-electron chi connectivity index (χ2n) is 5.47. The summed E-state index contributed by atoms with van der Waals surface area (Å²) in [6, 6.07) is 4.93. The second kappa shape index (κ2) is 9.30. The van der Waals surface area contributed by atoms with E-state index in [1.54, 1.807) is 25.2 Å². The highest BCUT2D eigenvalue weighted by molar-refractivity contribution is 7.88. The molecule has 0 fully saturated rings. The summed E-state index contributed by atoms with van der Waals surface area (Å²) in [5.41, 5.74) is 6.38. The molecule has 0 saturated heterocycles. The lowest BCUT2D eigenvalue weighted by Crippen LogP contribution is -2.35. The van der Waals surface area contributed by atoms with Crippen LogP contribution in [0.25, 0.3) is 0 Å². The van der Waals surface area contributed by atoms with E-state index in [0.717, 1.165) is 0 Å². The fourth-order valence-corrected chi connectivity index (χ4v) is 3.74. The lowest BCUT2D eigenvalue weighted by molar-refractivity contribution is 0.397. The van der Waals surface area contributed by atoms with E-state index in [9.17, 15) is 8.42 Å². The zero-order valence-corrected chi connectivity index (χ0v) is 16.1. The van der Waals surface area contributed by atoms with Gasteiger partial charge in [0.05, 0.1) is 5.75 Å². The van der Waals surface area contributed by atoms with E-state index in [2.05, 4.69) is 0 Å². The summed E-state index contributed by atoms with van der Waals surface area (Å²) in [4.78, 5) is 0. The summed E-state index contributed by atoms with van der Waals surface area (Å²) in [7, 11) is -1.92. The number of nitrogens with zero attached hydrogens (tertiary/aromatic N) is 1. The number of rotatable bonds is 7. The zero-order valence-electron chi connectivity index (χ0n) is 12.9. The van der Waals surface area contributed by atoms with Crippen molar-refractivity contribution < 1.29 is 8.42 Å². The molecule has 8 heteroatoms. The van der Waals surface area contributed by atoms with Gasteiger partial charge < -0.3 is 5.73 Å². The van der Waals surface area contributed by atoms with Crippen molar-refractivity contribution in [1.29, 1.82) is 0 Å². The molecule has 22 heavy (non-hydrogen) atoms. The highest BCUT2D eigenvalue weighted by Gasteiger charge is 2.22. The third-order valence-electron chi connectivity index (χ3n) is 3.50. The van der Waals surface area contributed by atoms with E-state index < -0.39 is 10.0 Å². The first-order chi connectivity index (χ1) is 9.65. The summed E-state index contributed by atoms with van der Waals surface area (Å²) < 4.78 is 26.0. The lowest BCUT2D eigenvalue weighted by Gasteiger charge is -2.21. The molecule has 1 unspecified atom stereocenters. The van der Waals surface area contributed by atoms with Gasteiger partial charge in [0.25, 0.3) is 0 Å². The molecule has 1 rings (SSSR count). The van der Waals surface area contributed by atoms with E-state index in [1.165, 1.54) is 4.31 Å². The molecule has 0 aliphatic heterocycles. The first kappa shape index (κ1) is 22.0. The quantitative estimate of drug-likeness (QED) is 0.775. The average molecular weight is 390 g/mol. The molecule has 1 aromatic carbocycles. The Labute approximate surface area is 149 Å². The van der Waals surface area contributed by atoms with Gasteiger partial charge in [-0.2, -0.15) is 0 Å². The third kappa shape index (κ3) is 6.22. The molecule has 0 aromatic heterocycles. The topological polar surface area (TPSA) is 63.4 Å². The van der Waals surface area contributed by atoms with Crippen LogP contribution in [-0.4, -0.2) is 32.4 Å². The number of halogens is 3. The fourth-order valence-electron chi connectivity index (χ4n) is 1.77. The Morgan fingerprint density at radius 1 is 1.23 bits per heavy atom. The van der Waals surface area contributed by atoms with Crippen LogP contribution in [0.4, 0.5) is 0 Å². The van der Waals surface area contributed by atoms with E-state index in [-0.39, 0.29) is 24.2 Å². The maximum atomic E-state index is 12.4. The predicted octanol–water partition coefficient (Wildman–Crippen LogP) is 3.55. The summed E-state index contributed by atoms with van der Waals surface area (Å²) in [6.07, 6.45) is 0.615. The van der Waals surface area contributed by atoms with Crippen LogP contribution >= 0.6 is 35.6 Å². The van der Waals surface area contributed by atoms with Crippen molar-refractivity contribution in [2.24, 2.45) is 11.7 Å². The Balaban J connectivity index is 0.00000441. The Morgan fingerprint density at radius 3 is 2.18 bits per heavy atom. The summed E-state index contributed by atoms with van der Waals surface area (Å²) >= 11 is 12.0. The van der Waals surface area contributed by atoms with Gasteiger partial charge in [-0.3, -0.25) is 0 Å². The molecule has 0 amide bonds. The summed E-state index contributed by atoms with van der Waals surface area (Å²) in [5.74, 6) is 0.109. The van der Waals surface area contributed by atoms with E-state index in [0.29, 0.717) is 34.5 Å². The van der Waals surface area contributed by atoms with Gasteiger partial charge in [0.2, 0.25) is 10.0 Å². The molecule has 2 N–H and O–H groups in total. The minimum absolute atomic E-state index is 0. The van der Waals surface area contributed by atoms with E-state index >= 15 is 0 Å². The molecule has 0 bridgehead atoms. The first-order valence-electron chi connectivity index (χ1n) is 6.77. The van der Waals surface area contributed by atoms with Crippen molar-refractivity contribution in [2.75, 3.05) is 13.6 Å². The van der Waals surface area contributed by atoms with Gasteiger partial charge in [0.1, 0.15) is 0 Å². The Kier molecular flexibility index (Phi) is 9.29. The molecule has 0 aliphatic carbocycles. The number of nitrogens with two attached hydrogens (primary N) is 1. The molecule has 128 valence electrons. The first-order valence-corrected chi connectivity index (χ1v) is 9.14. The minimum Gasteiger partial charge on any atom is -0.327 e. The standard InChI is InChI=1S/C14H22Cl2N2O2S.ClH/c1-10(2)14(17)7-8-18(3)21(19,20)9-11-12(15)5-4-6-13(11)16;/h4-6,10,14H,7-9,17H2,1-3H3;1H. The number of sulfonamides is 1. The van der Waals surface area contributed by atoms with E-state index in [4.69, 9.17) is 28.9 Å². The van der Waals surface area contributed by atoms with Crippen LogP contribution in [0.1, 0.15) is 25.8 Å². The molecule has 4 nitrogen and oxygen atoms in total. The molecule has 1 aromatic rings. The third-order valence-corrected chi connectivity index (χ3v) is 5.99. The Hall–Kier alpha value is -0.0400. The van der Waals surface area contributed by atoms with Gasteiger partial charge in [-0.15, -0.1) is 12.4 Å². The van der Waals surface area contributed by atoms with Gasteiger partial charge in [0, 0.05) is 35.2 Å². The molecule has 0 heterocycles. The Bertz CT molecular complexity index is 559. The average Bonchev–Trinajstić information content (AvgIpc) is 2.39. The number of hydrogen-bond donors (Lipinski definition) is 1. The van der Waals surface area contributed by atoms with Gasteiger partial charge in [-0.05, 0) is 24.5 Å². The molecule has 0 spiro atoms. The maximum absolute atomic E-state index is 12.4. The van der Waals surface area contributed by atoms with Crippen LogP contribution in [0.15, 0.2) is 18.2 Å². The molecule has 0 radical (unpaired) electrons. The van der Waals surface area contributed by atoms with Crippen LogP contribution in [0, 0.1) is 5.92 Å². The monoisotopic (exact) mass is 388 g/mol. The molecular formula is C14H23Cl3N2O2S. The molecular weight excluding hydrogens is 367 g/mol. The lowest BCUT2D eigenvalue weighted by atomic mass is 10.0. The van der Waals surface area contributed by atoms with Crippen LogP contribution < -0.4 is 5.73 Å². The normalized spacial score (nSPS) is 13.3. The fraction of sp³-hybridized carbons (Fsp3) is 0.571. The van der Waals surface area contributed by atoms with Crippen molar-refractivity contribution in [3.63, 3.8) is 0 Å². The largest absolute Gasteiger partial charge is 0.327 e. The minimum atomic E-state index is -3.47. The van der Waals surface area contributed by atoms with Crippen LogP contribution in [0.3, 0.4) is 0 Å². The van der Waals surface area contributed by atoms with Gasteiger partial charge >= 0.3 is 0 Å². The van der Waals surface area contributed by atoms with Crippen molar-refractivity contribution in [3.8, 4) is 0 Å². The maximum Gasteiger partial charge on any atom is 0.218 e. The van der Waals surface area contributed by atoms with Gasteiger partial charge in [-0.25, -0.2) is 12.7 Å². The van der Waals surface area contributed by atoms with E-state index in [1.807, 2.05) is 13.8 Å². The van der Waals surface area contributed by atoms with Gasteiger partial charge in [-0.1, -0.05) is 43.1 Å². The number of hydrogen-bond acceptors (Lipinski definition) is 3. The van der Waals surface area contributed by atoms with Crippen molar-refractivity contribution in [2.45, 2.75) is 32.1 Å². The Morgan fingerprint density at radius 2 is 1.73 bits per heavy atom. The summed E-state index contributed by atoms with van der Waals surface area (Å²) in [6.45, 7) is 4.41.